The second-order valence-corrected chi connectivity index (χ2v) is 8.99. The Morgan fingerprint density at radius 2 is 1.32 bits per heavy atom. The summed E-state index contributed by atoms with van der Waals surface area (Å²) in [7, 11) is -5.04. The number of H-pyrrole nitrogens is 3. The molecule has 0 aliphatic rings. The zero-order chi connectivity index (χ0) is 26.4. The van der Waals surface area contributed by atoms with Gasteiger partial charge in [0, 0.05) is 48.4 Å². The maximum atomic E-state index is 9.98. The van der Waals surface area contributed by atoms with Gasteiger partial charge in [0.2, 0.25) is 0 Å². The number of aromatic nitrogens is 6. The van der Waals surface area contributed by atoms with Gasteiger partial charge in [0.05, 0.1) is 12.0 Å². The number of hydrogen-bond acceptors (Lipinski definition) is 15. The van der Waals surface area contributed by atoms with Crippen LogP contribution >= 0.6 is 36.9 Å². The van der Waals surface area contributed by atoms with E-state index in [0.29, 0.717) is 5.82 Å². The Bertz CT molecular complexity index is 1050. The Kier molecular flexibility index (Phi) is 36.9. The van der Waals surface area contributed by atoms with E-state index in [1.165, 1.54) is 0 Å². The second kappa shape index (κ2) is 28.4. The van der Waals surface area contributed by atoms with Crippen molar-refractivity contribution in [1.29, 1.82) is 0 Å². The molecule has 2 unspecified atom stereocenters. The van der Waals surface area contributed by atoms with Crippen LogP contribution in [0.2, 0.25) is 0 Å². The van der Waals surface area contributed by atoms with Crippen molar-refractivity contribution in [2.75, 3.05) is 29.5 Å². The number of halogens is 2. The molecule has 0 fully saturated rings. The standard InChI is InChI=1S/C10H16N6.C4H7N3.C2H6O8S2.2CH4.2ClH.2Na/c1-7-5-9(15-13-7)11-3-4-12-10-6-8(2)14-16-10;1-3-2-4(5)7-6-3;3-1(11-10-9-5)2(4)12(6,7)8;;;;;;/h5-6H,3-4H2,1-2H3,(H2,11,13,15)(H2,12,14,16);2H,1H3,(H3,5,6,7);1-5H,(H,6,7,8);2*1H4;2*1H;;/q;;;;;;;2*+1/p-2. The van der Waals surface area contributed by atoms with Gasteiger partial charge < -0.3 is 36.4 Å². The number of anilines is 3. The number of nitrogens with one attached hydrogen (secondary N) is 5. The molecule has 3 rings (SSSR count). The van der Waals surface area contributed by atoms with E-state index < -0.39 is 21.0 Å². The first-order chi connectivity index (χ1) is 16.4. The Labute approximate surface area is 300 Å². The number of aliphatic hydroxyl groups excluding tert-OH is 2. The number of rotatable bonds is 10. The molecule has 0 aliphatic carbocycles. The first-order valence-corrected chi connectivity index (χ1v) is 11.9. The van der Waals surface area contributed by atoms with Crippen molar-refractivity contribution in [3.63, 3.8) is 0 Å². The number of nitrogens with two attached hydrogens (primary N) is 1. The zero-order valence-electron chi connectivity index (χ0n) is 21.7. The number of aryl methyl sites for hydroxylation is 3. The van der Waals surface area contributed by atoms with Crippen LogP contribution in [0, 0.1) is 20.8 Å². The molecule has 3 aromatic heterocycles. The molecular formula is C18H37Cl2N9Na2O8S2. The third-order valence-electron chi connectivity index (χ3n) is 3.58. The van der Waals surface area contributed by atoms with Crippen molar-refractivity contribution in [3.8, 4) is 0 Å². The number of aromatic amines is 3. The summed E-state index contributed by atoms with van der Waals surface area (Å²) in [6, 6.07) is 5.72. The van der Waals surface area contributed by atoms with Crippen LogP contribution in [0.15, 0.2) is 18.2 Å². The quantitative estimate of drug-likeness (QED) is 0.0188. The summed E-state index contributed by atoms with van der Waals surface area (Å²) in [5.41, 5.74) is 3.67. The van der Waals surface area contributed by atoms with E-state index in [4.69, 9.17) is 21.2 Å². The number of nitrogen functional groups attached to an aromatic ring is 1. The van der Waals surface area contributed by atoms with Crippen LogP contribution in [-0.4, -0.2) is 77.7 Å². The van der Waals surface area contributed by atoms with E-state index in [1.54, 1.807) is 6.07 Å². The average molecular weight is 689 g/mol. The van der Waals surface area contributed by atoms with Gasteiger partial charge in [-0.3, -0.25) is 20.3 Å². The maximum Gasteiger partial charge on any atom is 1.00 e. The molecule has 9 N–H and O–H groups in total. The van der Waals surface area contributed by atoms with Crippen molar-refractivity contribution >= 4 is 64.4 Å². The van der Waals surface area contributed by atoms with Crippen molar-refractivity contribution in [3.05, 3.63) is 35.3 Å². The molecule has 17 nitrogen and oxygen atoms in total. The topological polar surface area (TPSA) is 275 Å². The molecule has 0 aliphatic heterocycles. The zero-order valence-corrected chi connectivity index (χ0v) is 29.0. The normalized spacial score (nSPS) is 10.7. The Morgan fingerprint density at radius 3 is 1.56 bits per heavy atom. The van der Waals surface area contributed by atoms with Crippen LogP contribution < -0.4 is 80.7 Å². The van der Waals surface area contributed by atoms with Gasteiger partial charge in [0.1, 0.15) is 27.6 Å². The molecule has 0 amide bonds. The van der Waals surface area contributed by atoms with Gasteiger partial charge in [-0.2, -0.15) is 19.6 Å². The van der Waals surface area contributed by atoms with E-state index in [2.05, 4.69) is 50.6 Å². The van der Waals surface area contributed by atoms with Crippen molar-refractivity contribution in [2.45, 2.75) is 46.5 Å². The predicted molar refractivity (Wildman–Crippen MR) is 151 cm³/mol. The molecule has 0 spiro atoms. The predicted octanol–water partition coefficient (Wildman–Crippen LogP) is -5.26. The molecule has 3 aromatic rings. The van der Waals surface area contributed by atoms with Crippen molar-refractivity contribution in [1.82, 2.24) is 30.6 Å². The molecule has 0 saturated carbocycles. The summed E-state index contributed by atoms with van der Waals surface area (Å²) in [6.07, 6.45) is 0. The van der Waals surface area contributed by atoms with Crippen LogP contribution in [0.1, 0.15) is 31.9 Å². The fourth-order valence-corrected chi connectivity index (χ4v) is 3.12. The van der Waals surface area contributed by atoms with Crippen LogP contribution in [0.4, 0.5) is 17.5 Å². The number of nitrogens with zero attached hydrogens (tertiary/aromatic N) is 3. The molecular weight excluding hydrogens is 651 g/mol. The van der Waals surface area contributed by atoms with Gasteiger partial charge >= 0.3 is 59.1 Å². The fraction of sp³-hybridized carbons (Fsp3) is 0.500. The molecule has 0 saturated heterocycles. The SMILES string of the molecule is C.C.Cc1cc(N)n[nH]1.Cc1cc(NCCNc2cc(C)[nH]n2)n[nH]1.Cl.Cl.O=S(=O)([O-])C(O)C(O)SOO[O-].[Na+].[Na+]. The molecule has 3 heterocycles. The summed E-state index contributed by atoms with van der Waals surface area (Å²) in [5.74, 6) is 2.30. The molecule has 0 bridgehead atoms. The average Bonchev–Trinajstić information content (AvgIpc) is 3.50. The Hall–Kier alpha value is -0.330. The number of aliphatic hydroxyl groups is 2. The Balaban J connectivity index is -0.000000111. The monoisotopic (exact) mass is 687 g/mol. The van der Waals surface area contributed by atoms with Gasteiger partial charge in [-0.15, -0.1) is 24.8 Å². The summed E-state index contributed by atoms with van der Waals surface area (Å²) < 4.78 is 33.4. The molecule has 0 aromatic carbocycles. The van der Waals surface area contributed by atoms with Gasteiger partial charge in [-0.1, -0.05) is 14.9 Å². The van der Waals surface area contributed by atoms with E-state index in [9.17, 15) is 13.0 Å². The smallest absolute Gasteiger partial charge is 0.746 e. The largest absolute Gasteiger partial charge is 1.00 e. The van der Waals surface area contributed by atoms with Crippen LogP contribution in [0.25, 0.3) is 0 Å². The van der Waals surface area contributed by atoms with Gasteiger partial charge in [0.25, 0.3) is 0 Å². The second-order valence-electron chi connectivity index (χ2n) is 6.71. The summed E-state index contributed by atoms with van der Waals surface area (Å²) in [4.78, 5) is 0. The summed E-state index contributed by atoms with van der Waals surface area (Å²) in [6.45, 7) is 7.46. The van der Waals surface area contributed by atoms with Gasteiger partial charge in [-0.25, -0.2) is 8.42 Å². The van der Waals surface area contributed by atoms with Crippen LogP contribution in [-0.2, 0) is 19.5 Å². The van der Waals surface area contributed by atoms with E-state index in [1.807, 2.05) is 32.9 Å². The minimum Gasteiger partial charge on any atom is -0.746 e. The first-order valence-electron chi connectivity index (χ1n) is 9.64. The third kappa shape index (κ3) is 24.8. The minimum atomic E-state index is -5.04. The summed E-state index contributed by atoms with van der Waals surface area (Å²) in [5, 5.41) is 55.6. The van der Waals surface area contributed by atoms with Gasteiger partial charge in [0.15, 0.2) is 10.9 Å². The molecule has 0 radical (unpaired) electrons. The number of hydrogen-bond donors (Lipinski definition) is 8. The molecule has 230 valence electrons. The van der Waals surface area contributed by atoms with Crippen LogP contribution in [0.3, 0.4) is 0 Å². The first kappa shape index (κ1) is 53.2. The fourth-order valence-electron chi connectivity index (χ4n) is 2.08. The van der Waals surface area contributed by atoms with E-state index in [0.717, 1.165) is 41.8 Å². The van der Waals surface area contributed by atoms with Crippen LogP contribution in [0.5, 0.6) is 0 Å². The maximum absolute atomic E-state index is 9.98. The van der Waals surface area contributed by atoms with Gasteiger partial charge in [-0.05, 0) is 20.8 Å². The third-order valence-corrected chi connectivity index (χ3v) is 5.19. The summed E-state index contributed by atoms with van der Waals surface area (Å²) >= 11 is -0.197. The Morgan fingerprint density at radius 1 is 0.927 bits per heavy atom. The molecule has 41 heavy (non-hydrogen) atoms. The van der Waals surface area contributed by atoms with Crippen molar-refractivity contribution < 1.29 is 96.9 Å². The minimum absolute atomic E-state index is 0. The van der Waals surface area contributed by atoms with Crippen molar-refractivity contribution in [2.24, 2.45) is 0 Å². The molecule has 23 heteroatoms. The molecule has 2 atom stereocenters. The van der Waals surface area contributed by atoms with E-state index in [-0.39, 0.29) is 111 Å². The van der Waals surface area contributed by atoms with E-state index >= 15 is 0 Å².